The third kappa shape index (κ3) is 5.18. The number of fused-ring (bicyclic) bond motifs is 1. The van der Waals surface area contributed by atoms with E-state index in [9.17, 15) is 18.0 Å². The Morgan fingerprint density at radius 2 is 1.91 bits per heavy atom. The standard InChI is InChI=1S/C22H21ClN4O5S/c1-32-17-7-2-4-14(10-17)8-9-24-21(28)22(29)25-20-18-12-33(30,31)13-19(18)26-27(20)16-6-3-5-15(23)11-16/h2-7,10-11H,8-9,12-13H2,1H3,(H,24,28)(H,25,29). The zero-order valence-corrected chi connectivity index (χ0v) is 19.2. The molecule has 0 atom stereocenters. The van der Waals surface area contributed by atoms with Gasteiger partial charge in [0.05, 0.1) is 30.0 Å². The van der Waals surface area contributed by atoms with Crippen LogP contribution in [0.5, 0.6) is 5.75 Å². The molecule has 2 amide bonds. The second-order valence-corrected chi connectivity index (χ2v) is 10.0. The van der Waals surface area contributed by atoms with Gasteiger partial charge < -0.3 is 15.4 Å². The lowest BCUT2D eigenvalue weighted by Crippen LogP contribution is -2.37. The first-order valence-electron chi connectivity index (χ1n) is 10.0. The Balaban J connectivity index is 1.49. The van der Waals surface area contributed by atoms with E-state index in [1.807, 2.05) is 24.3 Å². The molecule has 33 heavy (non-hydrogen) atoms. The number of halogens is 1. The Bertz CT molecular complexity index is 1340. The summed E-state index contributed by atoms with van der Waals surface area (Å²) in [6, 6.07) is 14.1. The van der Waals surface area contributed by atoms with Gasteiger partial charge in [-0.05, 0) is 42.3 Å². The third-order valence-electron chi connectivity index (χ3n) is 5.11. The van der Waals surface area contributed by atoms with E-state index in [1.54, 1.807) is 31.4 Å². The number of anilines is 1. The molecule has 4 rings (SSSR count). The Kier molecular flexibility index (Phi) is 6.39. The molecule has 9 nitrogen and oxygen atoms in total. The summed E-state index contributed by atoms with van der Waals surface area (Å²) in [5.41, 5.74) is 2.18. The van der Waals surface area contributed by atoms with Crippen LogP contribution in [0.15, 0.2) is 48.5 Å². The number of rotatable bonds is 6. The van der Waals surface area contributed by atoms with Crippen LogP contribution in [-0.2, 0) is 37.4 Å². The van der Waals surface area contributed by atoms with Gasteiger partial charge in [-0.25, -0.2) is 13.1 Å². The Labute approximate surface area is 195 Å². The molecule has 0 saturated heterocycles. The molecule has 1 aliphatic rings. The third-order valence-corrected chi connectivity index (χ3v) is 6.79. The summed E-state index contributed by atoms with van der Waals surface area (Å²) in [5, 5.41) is 9.90. The van der Waals surface area contributed by atoms with Gasteiger partial charge >= 0.3 is 11.8 Å². The highest BCUT2D eigenvalue weighted by molar-refractivity contribution is 7.90. The maximum absolute atomic E-state index is 12.6. The van der Waals surface area contributed by atoms with Gasteiger partial charge in [-0.2, -0.15) is 5.10 Å². The monoisotopic (exact) mass is 488 g/mol. The van der Waals surface area contributed by atoms with Crippen molar-refractivity contribution in [2.24, 2.45) is 0 Å². The van der Waals surface area contributed by atoms with Gasteiger partial charge in [0, 0.05) is 17.1 Å². The quantitative estimate of drug-likeness (QED) is 0.514. The molecule has 1 aromatic heterocycles. The van der Waals surface area contributed by atoms with Gasteiger partial charge in [0.15, 0.2) is 9.84 Å². The molecule has 0 saturated carbocycles. The molecule has 2 heterocycles. The first-order valence-corrected chi connectivity index (χ1v) is 12.2. The topological polar surface area (TPSA) is 119 Å². The number of ether oxygens (including phenoxy) is 1. The normalized spacial score (nSPS) is 13.9. The number of nitrogens with zero attached hydrogens (tertiary/aromatic N) is 2. The number of benzene rings is 2. The van der Waals surface area contributed by atoms with E-state index in [0.717, 1.165) is 5.56 Å². The van der Waals surface area contributed by atoms with E-state index >= 15 is 0 Å². The van der Waals surface area contributed by atoms with Crippen molar-refractivity contribution in [3.8, 4) is 11.4 Å². The van der Waals surface area contributed by atoms with Gasteiger partial charge in [-0.3, -0.25) is 9.59 Å². The van der Waals surface area contributed by atoms with Crippen molar-refractivity contribution >= 4 is 39.1 Å². The van der Waals surface area contributed by atoms with E-state index in [1.165, 1.54) is 4.68 Å². The first-order chi connectivity index (χ1) is 15.8. The van der Waals surface area contributed by atoms with Gasteiger partial charge in [0.2, 0.25) is 0 Å². The van der Waals surface area contributed by atoms with Crippen LogP contribution in [0.25, 0.3) is 5.69 Å². The van der Waals surface area contributed by atoms with Crippen LogP contribution < -0.4 is 15.4 Å². The molecule has 0 radical (unpaired) electrons. The summed E-state index contributed by atoms with van der Waals surface area (Å²) in [5.74, 6) is -1.42. The SMILES string of the molecule is COc1cccc(CCNC(=O)C(=O)Nc2c3c(nn2-c2cccc(Cl)c2)CS(=O)(=O)C3)c1. The molecule has 0 aliphatic carbocycles. The molecular formula is C22H21ClN4O5S. The van der Waals surface area contributed by atoms with Crippen LogP contribution in [0.1, 0.15) is 16.8 Å². The van der Waals surface area contributed by atoms with Crippen LogP contribution in [0.4, 0.5) is 5.82 Å². The Morgan fingerprint density at radius 1 is 1.12 bits per heavy atom. The predicted molar refractivity (Wildman–Crippen MR) is 123 cm³/mol. The lowest BCUT2D eigenvalue weighted by atomic mass is 10.1. The van der Waals surface area contributed by atoms with Gasteiger partial charge in [-0.1, -0.05) is 29.8 Å². The van der Waals surface area contributed by atoms with E-state index in [4.69, 9.17) is 16.3 Å². The number of carbonyl (C=O) groups is 2. The second kappa shape index (κ2) is 9.24. The minimum Gasteiger partial charge on any atom is -0.497 e. The highest BCUT2D eigenvalue weighted by atomic mass is 35.5. The van der Waals surface area contributed by atoms with Crippen molar-refractivity contribution in [2.45, 2.75) is 17.9 Å². The van der Waals surface area contributed by atoms with Crippen molar-refractivity contribution in [1.82, 2.24) is 15.1 Å². The van der Waals surface area contributed by atoms with Gasteiger partial charge in [0.25, 0.3) is 0 Å². The van der Waals surface area contributed by atoms with Gasteiger partial charge in [0.1, 0.15) is 11.6 Å². The van der Waals surface area contributed by atoms with E-state index in [2.05, 4.69) is 15.7 Å². The summed E-state index contributed by atoms with van der Waals surface area (Å²) < 4.78 is 30.7. The number of amides is 2. The molecule has 2 aromatic carbocycles. The molecule has 2 N–H and O–H groups in total. The minimum absolute atomic E-state index is 0.140. The fourth-order valence-electron chi connectivity index (χ4n) is 3.56. The lowest BCUT2D eigenvalue weighted by molar-refractivity contribution is -0.136. The predicted octanol–water partition coefficient (Wildman–Crippen LogP) is 2.26. The van der Waals surface area contributed by atoms with Crippen molar-refractivity contribution in [3.63, 3.8) is 0 Å². The summed E-state index contributed by atoms with van der Waals surface area (Å²) in [6.07, 6.45) is 0.504. The molecule has 0 spiro atoms. The summed E-state index contributed by atoms with van der Waals surface area (Å²) in [4.78, 5) is 25.0. The van der Waals surface area contributed by atoms with Gasteiger partial charge in [-0.15, -0.1) is 0 Å². The fraction of sp³-hybridized carbons (Fsp3) is 0.227. The minimum atomic E-state index is -3.36. The molecule has 0 unspecified atom stereocenters. The smallest absolute Gasteiger partial charge is 0.314 e. The van der Waals surface area contributed by atoms with Crippen LogP contribution in [0.2, 0.25) is 5.02 Å². The largest absolute Gasteiger partial charge is 0.497 e. The number of methoxy groups -OCH3 is 1. The highest BCUT2D eigenvalue weighted by Crippen LogP contribution is 2.33. The molecule has 0 fully saturated rings. The number of carbonyl (C=O) groups excluding carboxylic acids is 2. The average molecular weight is 489 g/mol. The maximum Gasteiger partial charge on any atom is 0.314 e. The Hall–Kier alpha value is -3.37. The summed E-state index contributed by atoms with van der Waals surface area (Å²) in [6.45, 7) is 0.236. The van der Waals surface area contributed by atoms with E-state index in [-0.39, 0.29) is 23.9 Å². The van der Waals surface area contributed by atoms with E-state index in [0.29, 0.717) is 34.1 Å². The summed E-state index contributed by atoms with van der Waals surface area (Å²) >= 11 is 6.07. The number of sulfone groups is 1. The van der Waals surface area contributed by atoms with Crippen LogP contribution in [0.3, 0.4) is 0 Å². The van der Waals surface area contributed by atoms with Crippen molar-refractivity contribution in [1.29, 1.82) is 0 Å². The number of hydrogen-bond donors (Lipinski definition) is 2. The molecule has 11 heteroatoms. The highest BCUT2D eigenvalue weighted by Gasteiger charge is 2.33. The first kappa shape index (κ1) is 22.8. The van der Waals surface area contributed by atoms with Crippen LogP contribution in [0, 0.1) is 0 Å². The molecule has 0 bridgehead atoms. The van der Waals surface area contributed by atoms with E-state index < -0.39 is 21.7 Å². The van der Waals surface area contributed by atoms with Crippen molar-refractivity contribution in [2.75, 3.05) is 19.0 Å². The number of aromatic nitrogens is 2. The molecule has 172 valence electrons. The number of nitrogens with one attached hydrogen (secondary N) is 2. The van der Waals surface area contributed by atoms with Crippen molar-refractivity contribution in [3.05, 3.63) is 70.4 Å². The second-order valence-electron chi connectivity index (χ2n) is 7.51. The molecule has 1 aliphatic heterocycles. The fourth-order valence-corrected chi connectivity index (χ4v) is 5.24. The average Bonchev–Trinajstić information content (AvgIpc) is 3.26. The van der Waals surface area contributed by atoms with Crippen molar-refractivity contribution < 1.29 is 22.7 Å². The number of hydrogen-bond acceptors (Lipinski definition) is 6. The Morgan fingerprint density at radius 3 is 2.67 bits per heavy atom. The zero-order chi connectivity index (χ0) is 23.6. The lowest BCUT2D eigenvalue weighted by Gasteiger charge is -2.11. The van der Waals surface area contributed by atoms with Crippen LogP contribution >= 0.6 is 11.6 Å². The molecule has 3 aromatic rings. The van der Waals surface area contributed by atoms with Crippen LogP contribution in [-0.4, -0.2) is 43.7 Å². The zero-order valence-electron chi connectivity index (χ0n) is 17.7. The summed E-state index contributed by atoms with van der Waals surface area (Å²) in [7, 11) is -1.79. The molecular weight excluding hydrogens is 468 g/mol. The maximum atomic E-state index is 12.6.